The molecule has 1 rings (SSSR count). The molecule has 0 saturated carbocycles. The predicted octanol–water partition coefficient (Wildman–Crippen LogP) is 16.8. The first-order chi connectivity index (χ1) is 40.7. The van der Waals surface area contributed by atoms with Gasteiger partial charge in [0, 0.05) is 6.42 Å². The molecule has 1 aliphatic rings. The molecule has 476 valence electrons. The quantitative estimate of drug-likeness (QED) is 0.0195. The summed E-state index contributed by atoms with van der Waals surface area (Å²) in [6.07, 6.45) is 69.7. The van der Waals surface area contributed by atoms with Crippen molar-refractivity contribution in [1.82, 2.24) is 5.32 Å². The number of amides is 1. The van der Waals surface area contributed by atoms with Crippen molar-refractivity contribution in [2.24, 2.45) is 0 Å². The molecule has 0 aliphatic carbocycles. The van der Waals surface area contributed by atoms with Crippen LogP contribution in [0.3, 0.4) is 0 Å². The van der Waals surface area contributed by atoms with Crippen molar-refractivity contribution in [3.63, 3.8) is 0 Å². The first kappa shape index (κ1) is 77.3. The Morgan fingerprint density at radius 2 is 0.867 bits per heavy atom. The summed E-state index contributed by atoms with van der Waals surface area (Å²) in [7, 11) is 0. The van der Waals surface area contributed by atoms with Crippen LogP contribution in [0.1, 0.15) is 271 Å². The molecule has 0 aromatic rings. The van der Waals surface area contributed by atoms with Crippen molar-refractivity contribution < 1.29 is 49.3 Å². The van der Waals surface area contributed by atoms with Gasteiger partial charge in [-0.15, -0.1) is 0 Å². The maximum absolute atomic E-state index is 13.5. The number of ether oxygens (including phenoxy) is 3. The van der Waals surface area contributed by atoms with Crippen molar-refractivity contribution in [2.75, 3.05) is 13.2 Å². The van der Waals surface area contributed by atoms with E-state index in [-0.39, 0.29) is 19.4 Å². The van der Waals surface area contributed by atoms with E-state index in [0.29, 0.717) is 12.8 Å². The van der Waals surface area contributed by atoms with E-state index in [1.165, 1.54) is 96.3 Å². The number of aliphatic hydroxyl groups is 5. The molecule has 0 bridgehead atoms. The number of esters is 1. The highest BCUT2D eigenvalue weighted by atomic mass is 16.7. The smallest absolute Gasteiger partial charge is 0.306 e. The van der Waals surface area contributed by atoms with Gasteiger partial charge in [0.2, 0.25) is 5.91 Å². The van der Waals surface area contributed by atoms with Crippen molar-refractivity contribution in [3.8, 4) is 0 Å². The van der Waals surface area contributed by atoms with Gasteiger partial charge in [0.1, 0.15) is 24.4 Å². The Balaban J connectivity index is 2.62. The van der Waals surface area contributed by atoms with Crippen molar-refractivity contribution >= 4 is 11.9 Å². The van der Waals surface area contributed by atoms with E-state index in [0.717, 1.165) is 128 Å². The van der Waals surface area contributed by atoms with Crippen LogP contribution in [0.5, 0.6) is 0 Å². The Hall–Kier alpha value is -3.68. The molecule has 1 saturated heterocycles. The van der Waals surface area contributed by atoms with Gasteiger partial charge in [-0.05, 0) is 109 Å². The van der Waals surface area contributed by atoms with Crippen LogP contribution in [0.2, 0.25) is 0 Å². The minimum atomic E-state index is -1.63. The van der Waals surface area contributed by atoms with Gasteiger partial charge in [0.15, 0.2) is 12.4 Å². The first-order valence-electron chi connectivity index (χ1n) is 33.7. The van der Waals surface area contributed by atoms with E-state index in [1.807, 2.05) is 6.08 Å². The fourth-order valence-electron chi connectivity index (χ4n) is 9.86. The monoisotopic (exact) mass is 1160 g/mol. The normalized spacial score (nSPS) is 19.3. The summed E-state index contributed by atoms with van der Waals surface area (Å²) in [5.74, 6) is -1.22. The van der Waals surface area contributed by atoms with Crippen LogP contribution < -0.4 is 5.32 Å². The molecule has 1 amide bonds. The van der Waals surface area contributed by atoms with E-state index in [1.54, 1.807) is 6.08 Å². The average molecular weight is 1160 g/mol. The van der Waals surface area contributed by atoms with Gasteiger partial charge >= 0.3 is 5.97 Å². The molecule has 11 nitrogen and oxygen atoms in total. The van der Waals surface area contributed by atoms with Crippen molar-refractivity contribution in [1.29, 1.82) is 0 Å². The third-order valence-electron chi connectivity index (χ3n) is 15.2. The minimum absolute atomic E-state index is 0.0957. The SMILES string of the molecule is CC/C=C\C/C=C\C/C=C\C/C=C\C/C=C\CCCCCCCC(=O)OC1C(OCC(NC(=O)C(O)CCCCCCCCCCC/C=C\C/C=C\C/C=C\CCCCC)C(O)/C=C/CCCCCCCCCCC)OC(CO)C(O)C1O. The lowest BCUT2D eigenvalue weighted by atomic mass is 9.99. The predicted molar refractivity (Wildman–Crippen MR) is 347 cm³/mol. The van der Waals surface area contributed by atoms with Crippen molar-refractivity contribution in [2.45, 2.75) is 320 Å². The van der Waals surface area contributed by atoms with Crippen molar-refractivity contribution in [3.05, 3.63) is 109 Å². The second-order valence-electron chi connectivity index (χ2n) is 22.8. The number of carbonyl (C=O) groups excluding carboxylic acids is 2. The zero-order valence-corrected chi connectivity index (χ0v) is 52.8. The van der Waals surface area contributed by atoms with Gasteiger partial charge in [0.25, 0.3) is 0 Å². The number of hydrogen-bond donors (Lipinski definition) is 6. The molecule has 0 radical (unpaired) electrons. The van der Waals surface area contributed by atoms with Gasteiger partial charge in [0.05, 0.1) is 25.4 Å². The lowest BCUT2D eigenvalue weighted by Crippen LogP contribution is -2.61. The fraction of sp³-hybridized carbons (Fsp3) is 0.722. The van der Waals surface area contributed by atoms with E-state index >= 15 is 0 Å². The molecular weight excluding hydrogens is 1040 g/mol. The summed E-state index contributed by atoms with van der Waals surface area (Å²) in [5, 5.41) is 57.1. The van der Waals surface area contributed by atoms with Gasteiger partial charge in [-0.3, -0.25) is 9.59 Å². The lowest BCUT2D eigenvalue weighted by molar-refractivity contribution is -0.305. The zero-order valence-electron chi connectivity index (χ0n) is 52.8. The molecule has 83 heavy (non-hydrogen) atoms. The highest BCUT2D eigenvalue weighted by Crippen LogP contribution is 2.26. The van der Waals surface area contributed by atoms with Crippen LogP contribution in [-0.2, 0) is 23.8 Å². The fourth-order valence-corrected chi connectivity index (χ4v) is 9.86. The maximum Gasteiger partial charge on any atom is 0.306 e. The number of rotatable bonds is 56. The average Bonchev–Trinajstić information content (AvgIpc) is 3.69. The standard InChI is InChI=1S/C72H123NO10/c1-4-7-10-13-16-19-22-24-26-28-30-32-34-35-37-39-41-44-47-50-53-56-59-65(76)71(80)73-63(64(75)58-55-52-49-46-43-21-18-15-12-9-6-3)62-81-72-70(69(79)68(78)66(61-74)82-72)83-67(77)60-57-54-51-48-45-42-40-38-36-33-31-29-27-25-23-20-17-14-11-8-5-2/h8,11,16-17,19-20,24-27,30-33,38,40,55,58,63-66,68-70,72,74-76,78-79H,4-7,9-10,12-15,18,21-23,28-29,34-37,39,41-54,56-57,59-62H2,1-3H3,(H,73,80)/b11-8-,19-16-,20-17-,26-24-,27-25-,32-30-,33-31-,40-38-,58-55+. The Morgan fingerprint density at radius 3 is 1.33 bits per heavy atom. The zero-order chi connectivity index (χ0) is 60.3. The third kappa shape index (κ3) is 46.2. The molecule has 8 unspecified atom stereocenters. The Morgan fingerprint density at radius 1 is 0.482 bits per heavy atom. The molecule has 11 heteroatoms. The van der Waals surface area contributed by atoms with Crippen LogP contribution in [-0.4, -0.2) is 99.6 Å². The summed E-state index contributed by atoms with van der Waals surface area (Å²) in [5.41, 5.74) is 0. The summed E-state index contributed by atoms with van der Waals surface area (Å²) in [4.78, 5) is 26.6. The van der Waals surface area contributed by atoms with Crippen LogP contribution in [0.4, 0.5) is 0 Å². The number of aliphatic hydroxyl groups excluding tert-OH is 5. The third-order valence-corrected chi connectivity index (χ3v) is 15.2. The molecule has 8 atom stereocenters. The summed E-state index contributed by atoms with van der Waals surface area (Å²) in [6.45, 7) is 5.64. The maximum atomic E-state index is 13.5. The highest BCUT2D eigenvalue weighted by Gasteiger charge is 2.47. The van der Waals surface area contributed by atoms with Crippen LogP contribution in [0.15, 0.2) is 109 Å². The van der Waals surface area contributed by atoms with Crippen LogP contribution in [0.25, 0.3) is 0 Å². The highest BCUT2D eigenvalue weighted by molar-refractivity contribution is 5.80. The molecule has 6 N–H and O–H groups in total. The number of unbranched alkanes of at least 4 members (excludes halogenated alkanes) is 26. The number of hydrogen-bond acceptors (Lipinski definition) is 10. The van der Waals surface area contributed by atoms with Gasteiger partial charge in [-0.25, -0.2) is 0 Å². The number of carbonyl (C=O) groups is 2. The van der Waals surface area contributed by atoms with Crippen LogP contribution in [0, 0.1) is 0 Å². The molecule has 1 fully saturated rings. The number of nitrogens with one attached hydrogen (secondary N) is 1. The number of allylic oxidation sites excluding steroid dienone is 17. The summed E-state index contributed by atoms with van der Waals surface area (Å²) < 4.78 is 17.6. The van der Waals surface area contributed by atoms with E-state index in [2.05, 4.69) is 123 Å². The summed E-state index contributed by atoms with van der Waals surface area (Å²) >= 11 is 0. The Labute approximate surface area is 507 Å². The molecule has 1 aliphatic heterocycles. The Kier molecular flexibility index (Phi) is 54.7. The Bertz CT molecular complexity index is 1770. The first-order valence-corrected chi connectivity index (χ1v) is 33.7. The van der Waals surface area contributed by atoms with E-state index in [4.69, 9.17) is 14.2 Å². The minimum Gasteiger partial charge on any atom is -0.454 e. The topological polar surface area (TPSA) is 175 Å². The van der Waals surface area contributed by atoms with Gasteiger partial charge < -0.3 is 45.1 Å². The molecule has 0 aromatic carbocycles. The summed E-state index contributed by atoms with van der Waals surface area (Å²) in [6, 6.07) is -1.04. The molecule has 1 heterocycles. The van der Waals surface area contributed by atoms with E-state index < -0.39 is 67.4 Å². The second kappa shape index (κ2) is 58.7. The van der Waals surface area contributed by atoms with E-state index in [9.17, 15) is 35.1 Å². The lowest BCUT2D eigenvalue weighted by Gasteiger charge is -2.41. The largest absolute Gasteiger partial charge is 0.454 e. The molecule has 0 spiro atoms. The van der Waals surface area contributed by atoms with Crippen LogP contribution >= 0.6 is 0 Å². The van der Waals surface area contributed by atoms with Gasteiger partial charge in [-0.2, -0.15) is 0 Å². The second-order valence-corrected chi connectivity index (χ2v) is 22.8. The van der Waals surface area contributed by atoms with Gasteiger partial charge in [-0.1, -0.05) is 265 Å². The molecule has 0 aromatic heterocycles. The molecular formula is C72H123NO10.